The summed E-state index contributed by atoms with van der Waals surface area (Å²) in [6.45, 7) is 5.60. The van der Waals surface area contributed by atoms with Gasteiger partial charge in [0.2, 0.25) is 0 Å². The molecule has 0 radical (unpaired) electrons. The Labute approximate surface area is 116 Å². The van der Waals surface area contributed by atoms with E-state index >= 15 is 0 Å². The van der Waals surface area contributed by atoms with Crippen LogP contribution in [0.2, 0.25) is 0 Å². The van der Waals surface area contributed by atoms with Gasteiger partial charge in [0.1, 0.15) is 11.5 Å². The molecule has 0 aliphatic carbocycles. The molecule has 1 heterocycles. The maximum absolute atomic E-state index is 13.6. The first kappa shape index (κ1) is 14.1. The third-order valence-corrected chi connectivity index (χ3v) is 3.73. The lowest BCUT2D eigenvalue weighted by Gasteiger charge is -2.11. The zero-order valence-corrected chi connectivity index (χ0v) is 11.8. The fraction of sp³-hybridized carbons (Fsp3) is 0.333. The van der Waals surface area contributed by atoms with Crippen LogP contribution in [0.5, 0.6) is 0 Å². The van der Waals surface area contributed by atoms with Gasteiger partial charge in [-0.2, -0.15) is 0 Å². The molecular formula is C15H15ClF2O. The van der Waals surface area contributed by atoms with E-state index in [1.807, 2.05) is 20.8 Å². The maximum Gasteiger partial charge on any atom is 0.162 e. The van der Waals surface area contributed by atoms with Gasteiger partial charge in [0, 0.05) is 5.56 Å². The minimum Gasteiger partial charge on any atom is -0.466 e. The molecule has 0 aliphatic heterocycles. The summed E-state index contributed by atoms with van der Waals surface area (Å²) in [7, 11) is 0. The molecule has 0 spiro atoms. The molecule has 1 atom stereocenters. The van der Waals surface area contributed by atoms with Gasteiger partial charge in [0.05, 0.1) is 5.38 Å². The maximum atomic E-state index is 13.6. The fourth-order valence-electron chi connectivity index (χ4n) is 2.27. The van der Waals surface area contributed by atoms with Crippen molar-refractivity contribution in [1.82, 2.24) is 0 Å². The van der Waals surface area contributed by atoms with Crippen LogP contribution in [0.1, 0.15) is 33.6 Å². The fourth-order valence-corrected chi connectivity index (χ4v) is 2.76. The van der Waals surface area contributed by atoms with Gasteiger partial charge >= 0.3 is 0 Å². The minimum atomic E-state index is -0.849. The number of hydrogen-bond donors (Lipinski definition) is 0. The Balaban J connectivity index is 2.31. The van der Waals surface area contributed by atoms with Crippen molar-refractivity contribution in [3.63, 3.8) is 0 Å². The van der Waals surface area contributed by atoms with E-state index < -0.39 is 17.0 Å². The largest absolute Gasteiger partial charge is 0.466 e. The first-order valence-corrected chi connectivity index (χ1v) is 6.49. The van der Waals surface area contributed by atoms with Crippen molar-refractivity contribution in [2.24, 2.45) is 0 Å². The third-order valence-electron chi connectivity index (χ3n) is 3.36. The average molecular weight is 285 g/mol. The highest BCUT2D eigenvalue weighted by molar-refractivity contribution is 6.21. The number of rotatable bonds is 3. The zero-order chi connectivity index (χ0) is 14.2. The summed E-state index contributed by atoms with van der Waals surface area (Å²) in [6.07, 6.45) is 0.228. The molecule has 2 aromatic rings. The quantitative estimate of drug-likeness (QED) is 0.723. The molecule has 1 aromatic heterocycles. The standard InChI is InChI=1S/C15H15ClF2O/c1-8-9(2)19-10(3)14(8)12(16)7-11-5-4-6-13(17)15(11)18/h4-6,12H,7H2,1-3H3. The number of benzene rings is 1. The lowest BCUT2D eigenvalue weighted by Crippen LogP contribution is -2.02. The Hall–Kier alpha value is -1.35. The second-order valence-corrected chi connectivity index (χ2v) is 5.16. The molecule has 0 N–H and O–H groups in total. The Morgan fingerprint density at radius 3 is 2.42 bits per heavy atom. The van der Waals surface area contributed by atoms with E-state index in [0.717, 1.165) is 28.7 Å². The monoisotopic (exact) mass is 284 g/mol. The van der Waals surface area contributed by atoms with Gasteiger partial charge in [-0.3, -0.25) is 0 Å². The molecule has 0 saturated carbocycles. The van der Waals surface area contributed by atoms with Gasteiger partial charge in [-0.25, -0.2) is 8.78 Å². The van der Waals surface area contributed by atoms with Crippen molar-refractivity contribution in [1.29, 1.82) is 0 Å². The number of aryl methyl sites for hydroxylation is 2. The Morgan fingerprint density at radius 2 is 1.84 bits per heavy atom. The summed E-state index contributed by atoms with van der Waals surface area (Å²) in [4.78, 5) is 0. The van der Waals surface area contributed by atoms with Crippen LogP contribution in [0.4, 0.5) is 8.78 Å². The van der Waals surface area contributed by atoms with Crippen molar-refractivity contribution in [2.45, 2.75) is 32.6 Å². The molecule has 19 heavy (non-hydrogen) atoms. The van der Waals surface area contributed by atoms with Crippen LogP contribution in [0.15, 0.2) is 22.6 Å². The molecule has 0 aliphatic rings. The number of hydrogen-bond acceptors (Lipinski definition) is 1. The van der Waals surface area contributed by atoms with E-state index in [0.29, 0.717) is 0 Å². The van der Waals surface area contributed by atoms with Gasteiger partial charge in [0.15, 0.2) is 11.6 Å². The zero-order valence-electron chi connectivity index (χ0n) is 11.1. The third kappa shape index (κ3) is 2.66. The SMILES string of the molecule is Cc1oc(C)c(C(Cl)Cc2cccc(F)c2F)c1C. The molecule has 0 amide bonds. The van der Waals surface area contributed by atoms with Crippen LogP contribution in [0.3, 0.4) is 0 Å². The summed E-state index contributed by atoms with van der Waals surface area (Å²) in [5.41, 5.74) is 2.11. The highest BCUT2D eigenvalue weighted by Gasteiger charge is 2.21. The number of furan rings is 1. The van der Waals surface area contributed by atoms with E-state index in [-0.39, 0.29) is 12.0 Å². The van der Waals surface area contributed by atoms with E-state index in [4.69, 9.17) is 16.0 Å². The van der Waals surface area contributed by atoms with Crippen LogP contribution < -0.4 is 0 Å². The van der Waals surface area contributed by atoms with Crippen LogP contribution >= 0.6 is 11.6 Å². The molecular weight excluding hydrogens is 270 g/mol. The van der Waals surface area contributed by atoms with Gasteiger partial charge in [0.25, 0.3) is 0 Å². The number of alkyl halides is 1. The molecule has 1 unspecified atom stereocenters. The van der Waals surface area contributed by atoms with Crippen molar-refractivity contribution >= 4 is 11.6 Å². The highest BCUT2D eigenvalue weighted by Crippen LogP contribution is 2.34. The van der Waals surface area contributed by atoms with Crippen LogP contribution in [-0.4, -0.2) is 0 Å². The predicted molar refractivity (Wildman–Crippen MR) is 71.6 cm³/mol. The first-order valence-electron chi connectivity index (χ1n) is 6.05. The van der Waals surface area contributed by atoms with Crippen molar-refractivity contribution in [3.8, 4) is 0 Å². The van der Waals surface area contributed by atoms with Gasteiger partial charge in [-0.1, -0.05) is 12.1 Å². The van der Waals surface area contributed by atoms with E-state index in [2.05, 4.69) is 0 Å². The Morgan fingerprint density at radius 1 is 1.16 bits per heavy atom. The van der Waals surface area contributed by atoms with Crippen molar-refractivity contribution in [2.75, 3.05) is 0 Å². The molecule has 1 aromatic carbocycles. The smallest absolute Gasteiger partial charge is 0.162 e. The second kappa shape index (κ2) is 5.33. The number of halogens is 3. The van der Waals surface area contributed by atoms with Crippen LogP contribution in [-0.2, 0) is 6.42 Å². The molecule has 0 fully saturated rings. The summed E-state index contributed by atoms with van der Waals surface area (Å²) in [5.74, 6) is -0.147. The molecule has 2 rings (SSSR count). The van der Waals surface area contributed by atoms with Gasteiger partial charge in [-0.15, -0.1) is 11.6 Å². The van der Waals surface area contributed by atoms with Crippen LogP contribution in [0, 0.1) is 32.4 Å². The average Bonchev–Trinajstić information content (AvgIpc) is 2.59. The molecule has 0 saturated heterocycles. The Kier molecular flexibility index (Phi) is 3.95. The molecule has 102 valence electrons. The summed E-state index contributed by atoms with van der Waals surface area (Å²) in [5, 5.41) is -0.436. The molecule has 0 bridgehead atoms. The summed E-state index contributed by atoms with van der Waals surface area (Å²) >= 11 is 6.34. The minimum absolute atomic E-state index is 0.228. The molecule has 1 nitrogen and oxygen atoms in total. The lowest BCUT2D eigenvalue weighted by atomic mass is 10.0. The molecule has 4 heteroatoms. The summed E-state index contributed by atoms with van der Waals surface area (Å²) in [6, 6.07) is 4.13. The van der Waals surface area contributed by atoms with Crippen molar-refractivity contribution in [3.05, 3.63) is 58.0 Å². The van der Waals surface area contributed by atoms with Crippen molar-refractivity contribution < 1.29 is 13.2 Å². The first-order chi connectivity index (χ1) is 8.91. The predicted octanol–water partition coefficient (Wildman–Crippen LogP) is 5.01. The second-order valence-electron chi connectivity index (χ2n) is 4.64. The normalized spacial score (nSPS) is 12.7. The van der Waals surface area contributed by atoms with Gasteiger partial charge < -0.3 is 4.42 Å². The van der Waals surface area contributed by atoms with Gasteiger partial charge in [-0.05, 0) is 44.4 Å². The lowest BCUT2D eigenvalue weighted by molar-refractivity contribution is 0.494. The topological polar surface area (TPSA) is 13.1 Å². The summed E-state index contributed by atoms with van der Waals surface area (Å²) < 4.78 is 32.3. The van der Waals surface area contributed by atoms with Crippen LogP contribution in [0.25, 0.3) is 0 Å². The van der Waals surface area contributed by atoms with E-state index in [9.17, 15) is 8.78 Å². The Bertz CT molecular complexity index is 604. The van der Waals surface area contributed by atoms with E-state index in [1.54, 1.807) is 6.07 Å². The van der Waals surface area contributed by atoms with E-state index in [1.165, 1.54) is 6.07 Å². The highest BCUT2D eigenvalue weighted by atomic mass is 35.5.